The van der Waals surface area contributed by atoms with Crippen LogP contribution in [0.3, 0.4) is 0 Å². The molecule has 0 unspecified atom stereocenters. The van der Waals surface area contributed by atoms with Crippen LogP contribution in [-0.2, 0) is 4.79 Å². The lowest BCUT2D eigenvalue weighted by Gasteiger charge is -2.05. The van der Waals surface area contributed by atoms with Gasteiger partial charge in [0.2, 0.25) is 0 Å². The number of aromatic nitrogens is 1. The zero-order valence-corrected chi connectivity index (χ0v) is 9.70. The minimum absolute atomic E-state index is 0.531. The Hall–Kier alpha value is -1.52. The van der Waals surface area contributed by atoms with Gasteiger partial charge < -0.3 is 10.5 Å². The first-order valence-corrected chi connectivity index (χ1v) is 5.81. The van der Waals surface area contributed by atoms with Crippen molar-refractivity contribution in [2.45, 2.75) is 13.0 Å². The molecule has 0 aliphatic heterocycles. The zero-order valence-electron chi connectivity index (χ0n) is 8.88. The van der Waals surface area contributed by atoms with E-state index in [1.54, 1.807) is 11.3 Å². The fraction of sp³-hybridized carbons (Fsp3) is 0.167. The van der Waals surface area contributed by atoms with E-state index in [1.165, 1.54) is 0 Å². The van der Waals surface area contributed by atoms with E-state index in [0.717, 1.165) is 28.0 Å². The number of rotatable bonds is 3. The Morgan fingerprint density at radius 1 is 1.38 bits per heavy atom. The molecule has 1 aromatic carbocycles. The number of nitrogens with two attached hydrogens (primary N) is 1. The van der Waals surface area contributed by atoms with Crippen LogP contribution in [0.2, 0.25) is 0 Å². The number of hydrogen-bond acceptors (Lipinski definition) is 4. The van der Waals surface area contributed by atoms with E-state index in [2.05, 4.69) is 4.98 Å². The smallest absolute Gasteiger partial charge is 0.141 e. The number of nitrogens with zero attached hydrogens (tertiary/aromatic N) is 1. The summed E-state index contributed by atoms with van der Waals surface area (Å²) in [5.41, 5.74) is 10.4. The van der Waals surface area contributed by atoms with Crippen LogP contribution in [0.1, 0.15) is 17.3 Å². The quantitative estimate of drug-likeness (QED) is 0.826. The second-order valence-corrected chi connectivity index (χ2v) is 4.41. The molecule has 0 saturated heterocycles. The van der Waals surface area contributed by atoms with Crippen molar-refractivity contribution in [2.24, 2.45) is 5.73 Å². The second kappa shape index (κ2) is 4.55. The highest BCUT2D eigenvalue weighted by molar-refractivity contribution is 7.13. The van der Waals surface area contributed by atoms with Crippen LogP contribution in [-0.4, -0.2) is 11.3 Å². The van der Waals surface area contributed by atoms with E-state index in [1.807, 2.05) is 36.7 Å². The summed E-state index contributed by atoms with van der Waals surface area (Å²) in [6.07, 6.45) is 0.743. The monoisotopic (exact) mass is 232 g/mol. The number of aldehydes is 1. The van der Waals surface area contributed by atoms with Crippen LogP contribution in [0.15, 0.2) is 29.8 Å². The highest BCUT2D eigenvalue weighted by Crippen LogP contribution is 2.27. The summed E-state index contributed by atoms with van der Waals surface area (Å²) in [7, 11) is 0. The molecule has 0 saturated carbocycles. The molecule has 3 nitrogen and oxygen atoms in total. The highest BCUT2D eigenvalue weighted by Gasteiger charge is 2.07. The van der Waals surface area contributed by atoms with Gasteiger partial charge in [-0.2, -0.15) is 0 Å². The summed E-state index contributed by atoms with van der Waals surface area (Å²) < 4.78 is 0. The predicted octanol–water partition coefficient (Wildman–Crippen LogP) is 2.32. The average Bonchev–Trinajstić information content (AvgIpc) is 2.75. The van der Waals surface area contributed by atoms with Gasteiger partial charge in [0.1, 0.15) is 6.29 Å². The third kappa shape index (κ3) is 2.03. The summed E-state index contributed by atoms with van der Waals surface area (Å²) in [5.74, 6) is 0. The maximum absolute atomic E-state index is 10.5. The molecule has 1 atom stereocenters. The third-order valence-electron chi connectivity index (χ3n) is 2.45. The molecule has 2 aromatic rings. The zero-order chi connectivity index (χ0) is 11.5. The first-order chi connectivity index (χ1) is 7.72. The van der Waals surface area contributed by atoms with Crippen LogP contribution < -0.4 is 5.73 Å². The molecule has 0 spiro atoms. The number of carbonyl (C=O) groups excluding carboxylic acids is 1. The number of carbonyl (C=O) groups is 1. The fourth-order valence-corrected chi connectivity index (χ4v) is 2.33. The molecule has 0 radical (unpaired) electrons. The first-order valence-electron chi connectivity index (χ1n) is 4.93. The Labute approximate surface area is 97.9 Å². The van der Waals surface area contributed by atoms with E-state index in [9.17, 15) is 4.79 Å². The van der Waals surface area contributed by atoms with Gasteiger partial charge in [0.15, 0.2) is 0 Å². The highest BCUT2D eigenvalue weighted by atomic mass is 32.1. The maximum atomic E-state index is 10.5. The minimum atomic E-state index is -0.531. The summed E-state index contributed by atoms with van der Waals surface area (Å²) in [5, 5.41) is 0. The molecule has 4 heteroatoms. The Morgan fingerprint density at radius 3 is 2.56 bits per heavy atom. The minimum Gasteiger partial charge on any atom is -0.318 e. The third-order valence-corrected chi connectivity index (χ3v) is 3.43. The van der Waals surface area contributed by atoms with Crippen molar-refractivity contribution in [3.8, 4) is 10.4 Å². The molecular weight excluding hydrogens is 220 g/mol. The molecule has 82 valence electrons. The molecular formula is C12H12N2OS. The van der Waals surface area contributed by atoms with E-state index in [-0.39, 0.29) is 0 Å². The van der Waals surface area contributed by atoms with Crippen molar-refractivity contribution in [3.63, 3.8) is 0 Å². The Bertz CT molecular complexity index is 490. The molecule has 2 rings (SSSR count). The van der Waals surface area contributed by atoms with Gasteiger partial charge in [-0.15, -0.1) is 11.3 Å². The number of benzene rings is 1. The van der Waals surface area contributed by atoms with Crippen molar-refractivity contribution in [3.05, 3.63) is 41.0 Å². The average molecular weight is 232 g/mol. The predicted molar refractivity (Wildman–Crippen MR) is 65.3 cm³/mol. The molecule has 1 aromatic heterocycles. The molecule has 0 amide bonds. The Balaban J connectivity index is 2.33. The number of aryl methyl sites for hydroxylation is 1. The molecule has 16 heavy (non-hydrogen) atoms. The van der Waals surface area contributed by atoms with Gasteiger partial charge >= 0.3 is 0 Å². The lowest BCUT2D eigenvalue weighted by atomic mass is 10.1. The van der Waals surface area contributed by atoms with Gasteiger partial charge in [0.25, 0.3) is 0 Å². The molecule has 0 bridgehead atoms. The number of hydrogen-bond donors (Lipinski definition) is 1. The molecule has 0 aliphatic carbocycles. The standard InChI is InChI=1S/C12H12N2OS/c1-8-12(16-7-14-8)10-4-2-9(3-5-10)11(13)6-15/h2-7,11H,13H2,1H3/t11-/m1/s1. The van der Waals surface area contributed by atoms with Gasteiger partial charge in [-0.25, -0.2) is 4.98 Å². The van der Waals surface area contributed by atoms with E-state index < -0.39 is 6.04 Å². The molecule has 0 aliphatic rings. The summed E-state index contributed by atoms with van der Waals surface area (Å²) in [6.45, 7) is 1.98. The van der Waals surface area contributed by atoms with Gasteiger partial charge in [0, 0.05) is 0 Å². The van der Waals surface area contributed by atoms with Gasteiger partial charge in [-0.05, 0) is 18.1 Å². The number of thiazole rings is 1. The van der Waals surface area contributed by atoms with Crippen LogP contribution in [0.4, 0.5) is 0 Å². The van der Waals surface area contributed by atoms with Gasteiger partial charge in [-0.1, -0.05) is 24.3 Å². The Morgan fingerprint density at radius 2 is 2.06 bits per heavy atom. The SMILES string of the molecule is Cc1ncsc1-c1ccc([C@H](N)C=O)cc1. The van der Waals surface area contributed by atoms with Gasteiger partial charge in [0.05, 0.1) is 22.1 Å². The van der Waals surface area contributed by atoms with E-state index in [4.69, 9.17) is 5.73 Å². The normalized spacial score (nSPS) is 12.4. The molecule has 1 heterocycles. The summed E-state index contributed by atoms with van der Waals surface area (Å²) in [6, 6.07) is 7.18. The topological polar surface area (TPSA) is 56.0 Å². The van der Waals surface area contributed by atoms with Gasteiger partial charge in [-0.3, -0.25) is 0 Å². The van der Waals surface area contributed by atoms with E-state index in [0.29, 0.717) is 0 Å². The van der Waals surface area contributed by atoms with Crippen molar-refractivity contribution < 1.29 is 4.79 Å². The van der Waals surface area contributed by atoms with Crippen LogP contribution in [0.25, 0.3) is 10.4 Å². The summed E-state index contributed by atoms with van der Waals surface area (Å²) >= 11 is 1.61. The van der Waals surface area contributed by atoms with E-state index >= 15 is 0 Å². The first kappa shape index (κ1) is 11.0. The Kier molecular flexibility index (Phi) is 3.12. The van der Waals surface area contributed by atoms with Crippen LogP contribution >= 0.6 is 11.3 Å². The second-order valence-electron chi connectivity index (χ2n) is 3.55. The van der Waals surface area contributed by atoms with Crippen LogP contribution in [0, 0.1) is 6.92 Å². The lowest BCUT2D eigenvalue weighted by Crippen LogP contribution is -2.10. The largest absolute Gasteiger partial charge is 0.318 e. The van der Waals surface area contributed by atoms with Crippen molar-refractivity contribution in [1.82, 2.24) is 4.98 Å². The maximum Gasteiger partial charge on any atom is 0.141 e. The van der Waals surface area contributed by atoms with Crippen molar-refractivity contribution in [2.75, 3.05) is 0 Å². The summed E-state index contributed by atoms with van der Waals surface area (Å²) in [4.78, 5) is 15.9. The van der Waals surface area contributed by atoms with Crippen LogP contribution in [0.5, 0.6) is 0 Å². The lowest BCUT2D eigenvalue weighted by molar-refractivity contribution is -0.109. The fourth-order valence-electron chi connectivity index (χ4n) is 1.51. The van der Waals surface area contributed by atoms with Crippen molar-refractivity contribution >= 4 is 17.6 Å². The molecule has 0 fully saturated rings. The van der Waals surface area contributed by atoms with Crippen molar-refractivity contribution in [1.29, 1.82) is 0 Å². The molecule has 2 N–H and O–H groups in total.